The fourth-order valence-corrected chi connectivity index (χ4v) is 6.78. The van der Waals surface area contributed by atoms with Gasteiger partial charge in [0.2, 0.25) is 11.9 Å². The molecule has 6 aromatic rings. The fourth-order valence-electron chi connectivity index (χ4n) is 6.78. The van der Waals surface area contributed by atoms with Gasteiger partial charge >= 0.3 is 0 Å². The standard InChI is InChI=1S/C23H23N7.C19H20N6/c1-3-30-20-9-5-4-8-19(20)28-22(30)18(13-24)21-16(2)14-27-23(29-21)26-12-10-17-7-6-11-25-15-17;1-2-25-17-9-4-3-8-16(17)23-18(25)14(12-20)15-10-11-21-19(24-15)22-13-6-5-7-13/h4-9,11,14-15,18H,3,10,12H2,1-2H3,(H,26,27,29);3-4,8-11,13,23H,2,5-7H2,1H3,(H,21,22,24)/b;18-14+. The van der Waals surface area contributed by atoms with Crippen LogP contribution in [0.5, 0.6) is 0 Å². The zero-order valence-corrected chi connectivity index (χ0v) is 31.2. The summed E-state index contributed by atoms with van der Waals surface area (Å²) in [4.78, 5) is 28.9. The molecule has 5 heterocycles. The minimum Gasteiger partial charge on any atom is -0.354 e. The van der Waals surface area contributed by atoms with Crippen LogP contribution >= 0.6 is 0 Å². The number of para-hydroxylation sites is 4. The molecule has 1 saturated carbocycles. The fraction of sp³-hybridized carbons (Fsp3) is 0.286. The van der Waals surface area contributed by atoms with E-state index in [1.54, 1.807) is 24.7 Å². The lowest BCUT2D eigenvalue weighted by Crippen LogP contribution is -2.28. The maximum Gasteiger partial charge on any atom is 0.223 e. The van der Waals surface area contributed by atoms with E-state index in [0.29, 0.717) is 47.3 Å². The second kappa shape index (κ2) is 16.9. The third kappa shape index (κ3) is 7.92. The van der Waals surface area contributed by atoms with Crippen molar-refractivity contribution in [1.82, 2.24) is 34.5 Å². The summed E-state index contributed by atoms with van der Waals surface area (Å²) < 4.78 is 2.08. The van der Waals surface area contributed by atoms with E-state index in [1.807, 2.05) is 67.7 Å². The van der Waals surface area contributed by atoms with Crippen LogP contribution in [0.2, 0.25) is 0 Å². The molecule has 55 heavy (non-hydrogen) atoms. The normalized spacial score (nSPS) is 14.7. The predicted octanol–water partition coefficient (Wildman–Crippen LogP) is 7.44. The minimum absolute atomic E-state index is 0.453. The molecule has 276 valence electrons. The Morgan fingerprint density at radius 3 is 2.49 bits per heavy atom. The van der Waals surface area contributed by atoms with Crippen LogP contribution in [0, 0.1) is 29.6 Å². The van der Waals surface area contributed by atoms with Gasteiger partial charge in [0.15, 0.2) is 0 Å². The zero-order chi connectivity index (χ0) is 38.1. The molecule has 8 rings (SSSR count). The largest absolute Gasteiger partial charge is 0.354 e. The molecule has 1 aliphatic heterocycles. The summed E-state index contributed by atoms with van der Waals surface area (Å²) in [5.74, 6) is 2.02. The number of nitriles is 2. The molecule has 1 unspecified atom stereocenters. The molecule has 13 heteroatoms. The first-order valence-corrected chi connectivity index (χ1v) is 18.7. The van der Waals surface area contributed by atoms with Crippen molar-refractivity contribution in [2.75, 3.05) is 33.9 Å². The lowest BCUT2D eigenvalue weighted by atomic mass is 9.93. The van der Waals surface area contributed by atoms with Crippen LogP contribution in [0.15, 0.2) is 97.3 Å². The number of anilines is 4. The van der Waals surface area contributed by atoms with Gasteiger partial charge in [-0.25, -0.2) is 24.9 Å². The molecular weight excluding hydrogens is 687 g/mol. The van der Waals surface area contributed by atoms with Crippen molar-refractivity contribution >= 4 is 39.9 Å². The van der Waals surface area contributed by atoms with E-state index in [2.05, 4.69) is 82.4 Å². The van der Waals surface area contributed by atoms with Gasteiger partial charge in [-0.3, -0.25) is 4.98 Å². The van der Waals surface area contributed by atoms with Crippen LogP contribution in [-0.2, 0) is 13.0 Å². The summed E-state index contributed by atoms with van der Waals surface area (Å²) in [5.41, 5.74) is 7.85. The van der Waals surface area contributed by atoms with Crippen molar-refractivity contribution in [3.63, 3.8) is 0 Å². The van der Waals surface area contributed by atoms with Crippen LogP contribution < -0.4 is 20.9 Å². The number of pyridine rings is 1. The van der Waals surface area contributed by atoms with Crippen LogP contribution in [0.25, 0.3) is 16.6 Å². The number of hydrogen-bond acceptors (Lipinski definition) is 12. The van der Waals surface area contributed by atoms with Gasteiger partial charge in [0, 0.05) is 50.5 Å². The minimum atomic E-state index is -0.570. The second-order valence-corrected chi connectivity index (χ2v) is 13.3. The van der Waals surface area contributed by atoms with Gasteiger partial charge in [-0.05, 0) is 94.0 Å². The molecule has 3 N–H and O–H groups in total. The molecule has 2 aromatic carbocycles. The first-order chi connectivity index (χ1) is 27.0. The van der Waals surface area contributed by atoms with Crippen molar-refractivity contribution in [3.8, 4) is 12.1 Å². The Kier molecular flexibility index (Phi) is 11.2. The molecule has 1 aliphatic carbocycles. The van der Waals surface area contributed by atoms with Crippen LogP contribution in [-0.4, -0.2) is 53.6 Å². The van der Waals surface area contributed by atoms with E-state index < -0.39 is 5.92 Å². The smallest absolute Gasteiger partial charge is 0.223 e. The SMILES string of the molecule is CCN1/C(=C(\C#N)c2ccnc(NC3CCC3)n2)Nc2ccccc21.CCn1c(C(C#N)c2nc(NCCc3cccnc3)ncc2C)nc2ccccc21. The molecule has 2 aliphatic rings. The van der Waals surface area contributed by atoms with Crippen molar-refractivity contribution in [1.29, 1.82) is 10.5 Å². The topological polar surface area (TPSA) is 169 Å². The van der Waals surface area contributed by atoms with Gasteiger partial charge in [-0.2, -0.15) is 10.5 Å². The molecule has 0 saturated heterocycles. The van der Waals surface area contributed by atoms with Crippen LogP contribution in [0.4, 0.5) is 23.3 Å². The summed E-state index contributed by atoms with van der Waals surface area (Å²) in [6, 6.07) is 26.9. The van der Waals surface area contributed by atoms with Gasteiger partial charge in [-0.15, -0.1) is 0 Å². The van der Waals surface area contributed by atoms with Gasteiger partial charge in [0.1, 0.15) is 29.2 Å². The van der Waals surface area contributed by atoms with Gasteiger partial charge in [-0.1, -0.05) is 30.3 Å². The summed E-state index contributed by atoms with van der Waals surface area (Å²) in [7, 11) is 0. The number of allylic oxidation sites excluding steroid dienone is 1. The molecule has 4 aromatic heterocycles. The molecule has 0 amide bonds. The average molecular weight is 730 g/mol. The van der Waals surface area contributed by atoms with E-state index >= 15 is 0 Å². The number of nitrogens with one attached hydrogen (secondary N) is 3. The first kappa shape index (κ1) is 36.5. The summed E-state index contributed by atoms with van der Waals surface area (Å²) in [6.45, 7) is 8.24. The summed E-state index contributed by atoms with van der Waals surface area (Å²) in [5, 5.41) is 29.8. The maximum absolute atomic E-state index is 10.0. The van der Waals surface area contributed by atoms with E-state index in [1.165, 1.54) is 6.42 Å². The third-order valence-electron chi connectivity index (χ3n) is 9.82. The van der Waals surface area contributed by atoms with Crippen LogP contribution in [0.3, 0.4) is 0 Å². The first-order valence-electron chi connectivity index (χ1n) is 18.7. The Balaban J connectivity index is 0.000000172. The van der Waals surface area contributed by atoms with E-state index in [0.717, 1.165) is 71.7 Å². The number of fused-ring (bicyclic) bond motifs is 2. The number of aryl methyl sites for hydroxylation is 2. The Hall–Kier alpha value is -6.86. The van der Waals surface area contributed by atoms with Gasteiger partial charge < -0.3 is 25.4 Å². The van der Waals surface area contributed by atoms with E-state index in [9.17, 15) is 10.5 Å². The highest BCUT2D eigenvalue weighted by Gasteiger charge is 2.27. The monoisotopic (exact) mass is 729 g/mol. The van der Waals surface area contributed by atoms with Gasteiger partial charge in [0.05, 0.1) is 39.9 Å². The summed E-state index contributed by atoms with van der Waals surface area (Å²) >= 11 is 0. The molecular formula is C42H43N13. The van der Waals surface area contributed by atoms with E-state index in [-0.39, 0.29) is 0 Å². The maximum atomic E-state index is 10.0. The lowest BCUT2D eigenvalue weighted by molar-refractivity contribution is 0.443. The van der Waals surface area contributed by atoms with Gasteiger partial charge in [0.25, 0.3) is 0 Å². The Morgan fingerprint density at radius 2 is 1.75 bits per heavy atom. The average Bonchev–Trinajstić information content (AvgIpc) is 3.77. The van der Waals surface area contributed by atoms with Crippen molar-refractivity contribution in [2.24, 2.45) is 0 Å². The molecule has 0 spiro atoms. The van der Waals surface area contributed by atoms with E-state index in [4.69, 9.17) is 4.98 Å². The van der Waals surface area contributed by atoms with Crippen molar-refractivity contribution in [3.05, 3.63) is 126 Å². The molecule has 1 fully saturated rings. The van der Waals surface area contributed by atoms with Crippen molar-refractivity contribution < 1.29 is 0 Å². The number of benzene rings is 2. The highest BCUT2D eigenvalue weighted by Crippen LogP contribution is 2.38. The van der Waals surface area contributed by atoms with Crippen molar-refractivity contribution in [2.45, 2.75) is 65.0 Å². The number of rotatable bonds is 11. The Bertz CT molecular complexity index is 2390. The second-order valence-electron chi connectivity index (χ2n) is 13.3. The van der Waals surface area contributed by atoms with Crippen LogP contribution in [0.1, 0.15) is 67.4 Å². The molecule has 1 atom stereocenters. The lowest BCUT2D eigenvalue weighted by Gasteiger charge is -2.26. The Morgan fingerprint density at radius 1 is 0.909 bits per heavy atom. The number of imidazole rings is 1. The Labute approximate surface area is 320 Å². The molecule has 13 nitrogen and oxygen atoms in total. The number of nitrogens with zero attached hydrogens (tertiary/aromatic N) is 10. The quantitative estimate of drug-likeness (QED) is 0.113. The number of hydrogen-bond donors (Lipinski definition) is 3. The predicted molar refractivity (Wildman–Crippen MR) is 215 cm³/mol. The molecule has 0 radical (unpaired) electrons. The summed E-state index contributed by atoms with van der Waals surface area (Å²) in [6.07, 6.45) is 11.5. The zero-order valence-electron chi connectivity index (χ0n) is 31.2. The highest BCUT2D eigenvalue weighted by atomic mass is 15.3. The third-order valence-corrected chi connectivity index (χ3v) is 9.82. The molecule has 0 bridgehead atoms. The highest BCUT2D eigenvalue weighted by molar-refractivity contribution is 5.90. The number of aromatic nitrogens is 7.